The van der Waals surface area contributed by atoms with Crippen LogP contribution in [0.5, 0.6) is 11.5 Å². The number of benzene rings is 1. The Morgan fingerprint density at radius 2 is 2.06 bits per heavy atom. The van der Waals surface area contributed by atoms with Crippen LogP contribution in [0.25, 0.3) is 0 Å². The first-order valence-corrected chi connectivity index (χ1v) is 5.29. The van der Waals surface area contributed by atoms with Gasteiger partial charge in [0.25, 0.3) is 0 Å². The number of rotatable bonds is 4. The van der Waals surface area contributed by atoms with Crippen LogP contribution in [-0.4, -0.2) is 81.5 Å². The van der Waals surface area contributed by atoms with Gasteiger partial charge in [-0.1, -0.05) is 12.7 Å². The fraction of sp³-hybridized carbons (Fsp3) is 0.182. The van der Waals surface area contributed by atoms with Gasteiger partial charge in [0.15, 0.2) is 0 Å². The molecule has 0 aromatic heterocycles. The van der Waals surface area contributed by atoms with E-state index in [0.29, 0.717) is 6.61 Å². The number of halogens is 1. The van der Waals surface area contributed by atoms with Crippen molar-refractivity contribution in [1.82, 2.24) is 0 Å². The first kappa shape index (κ1) is 20.3. The van der Waals surface area contributed by atoms with Gasteiger partial charge in [-0.3, -0.25) is 0 Å². The second-order valence-corrected chi connectivity index (χ2v) is 3.53. The van der Waals surface area contributed by atoms with E-state index in [1.807, 2.05) is 18.2 Å². The van der Waals surface area contributed by atoms with E-state index in [0.717, 1.165) is 16.0 Å². The van der Waals surface area contributed by atoms with Gasteiger partial charge in [0.05, 0.1) is 11.6 Å². The zero-order valence-electron chi connectivity index (χ0n) is 9.22. The van der Waals surface area contributed by atoms with Crippen molar-refractivity contribution in [2.45, 2.75) is 0 Å². The second-order valence-electron chi connectivity index (χ2n) is 2.68. The third-order valence-corrected chi connectivity index (χ3v) is 2.11. The Morgan fingerprint density at radius 3 is 2.44 bits per heavy atom. The van der Waals surface area contributed by atoms with Gasteiger partial charge < -0.3 is 19.7 Å². The van der Waals surface area contributed by atoms with Gasteiger partial charge in [0, 0.05) is 0 Å². The number of methoxy groups -OCH3 is 1. The predicted octanol–water partition coefficient (Wildman–Crippen LogP) is 2.60. The summed E-state index contributed by atoms with van der Waals surface area (Å²) in [5.41, 5.74) is 0. The molecule has 1 rings (SSSR count). The number of hydrogen-bond acceptors (Lipinski definition) is 3. The van der Waals surface area contributed by atoms with E-state index in [2.05, 4.69) is 22.5 Å². The third-order valence-electron chi connectivity index (χ3n) is 1.49. The van der Waals surface area contributed by atoms with E-state index in [9.17, 15) is 0 Å². The molecule has 0 unspecified atom stereocenters. The summed E-state index contributed by atoms with van der Waals surface area (Å²) >= 11 is 3.37. The quantitative estimate of drug-likeness (QED) is 0.648. The SMILES string of the molecule is C=CCOc1ccc(OC)c(Br)c1.O=C(O)O.[KH]. The first-order valence-electron chi connectivity index (χ1n) is 4.50. The average Bonchev–Trinajstić information content (AvgIpc) is 2.26. The topological polar surface area (TPSA) is 76.0 Å². The minimum absolute atomic E-state index is 0. The maximum atomic E-state index is 8.56. The van der Waals surface area contributed by atoms with Crippen LogP contribution in [0.3, 0.4) is 0 Å². The fourth-order valence-electron chi connectivity index (χ4n) is 0.892. The van der Waals surface area contributed by atoms with Crippen LogP contribution < -0.4 is 9.47 Å². The fourth-order valence-corrected chi connectivity index (χ4v) is 1.41. The molecule has 0 aliphatic heterocycles. The van der Waals surface area contributed by atoms with E-state index >= 15 is 0 Å². The Bertz CT molecular complexity index is 380. The zero-order chi connectivity index (χ0) is 13.3. The van der Waals surface area contributed by atoms with Crippen LogP contribution in [0.4, 0.5) is 4.79 Å². The van der Waals surface area contributed by atoms with Crippen molar-refractivity contribution in [2.75, 3.05) is 13.7 Å². The summed E-state index contributed by atoms with van der Waals surface area (Å²) in [6.45, 7) is 4.08. The Morgan fingerprint density at radius 1 is 1.50 bits per heavy atom. The zero-order valence-corrected chi connectivity index (χ0v) is 10.8. The van der Waals surface area contributed by atoms with Crippen molar-refractivity contribution in [1.29, 1.82) is 0 Å². The summed E-state index contributed by atoms with van der Waals surface area (Å²) < 4.78 is 11.3. The van der Waals surface area contributed by atoms with Crippen LogP contribution >= 0.6 is 15.9 Å². The molecule has 0 radical (unpaired) electrons. The molecule has 0 aliphatic rings. The Labute approximate surface area is 156 Å². The minimum atomic E-state index is -1.83. The molecule has 0 fully saturated rings. The van der Waals surface area contributed by atoms with Crippen molar-refractivity contribution in [3.63, 3.8) is 0 Å². The van der Waals surface area contributed by atoms with Crippen molar-refractivity contribution in [3.8, 4) is 11.5 Å². The van der Waals surface area contributed by atoms with E-state index in [1.165, 1.54) is 0 Å². The van der Waals surface area contributed by atoms with Gasteiger partial charge in [0.2, 0.25) is 0 Å². The van der Waals surface area contributed by atoms with Gasteiger partial charge in [-0.2, -0.15) is 0 Å². The van der Waals surface area contributed by atoms with Crippen molar-refractivity contribution >= 4 is 73.5 Å². The summed E-state index contributed by atoms with van der Waals surface area (Å²) in [6.07, 6.45) is -0.127. The average molecular weight is 345 g/mol. The van der Waals surface area contributed by atoms with E-state index < -0.39 is 6.16 Å². The molecular formula is C11H14BrKO5. The number of carbonyl (C=O) groups is 1. The van der Waals surface area contributed by atoms with Crippen molar-refractivity contribution in [3.05, 3.63) is 35.3 Å². The molecule has 1 aromatic rings. The summed E-state index contributed by atoms with van der Waals surface area (Å²) in [6, 6.07) is 5.57. The number of carboxylic acid groups (broad SMARTS) is 2. The molecule has 5 nitrogen and oxygen atoms in total. The molecule has 18 heavy (non-hydrogen) atoms. The molecule has 2 N–H and O–H groups in total. The standard InChI is InChI=1S/C10H11BrO2.CH2O3.K.H/c1-3-6-13-8-4-5-10(12-2)9(11)7-8;2-1(3)4;;/h3-5,7H,1,6H2,2H3;(H2,2,3,4);;. The molecule has 0 spiro atoms. The summed E-state index contributed by atoms with van der Waals surface area (Å²) in [5, 5.41) is 13.9. The molecule has 0 bridgehead atoms. The first-order chi connectivity index (χ1) is 8.01. The van der Waals surface area contributed by atoms with Crippen molar-refractivity contribution in [2.24, 2.45) is 0 Å². The summed E-state index contributed by atoms with van der Waals surface area (Å²) in [7, 11) is 1.63. The Balaban J connectivity index is 0. The van der Waals surface area contributed by atoms with Crippen LogP contribution in [0.2, 0.25) is 0 Å². The summed E-state index contributed by atoms with van der Waals surface area (Å²) in [5.74, 6) is 1.60. The van der Waals surface area contributed by atoms with Crippen LogP contribution in [0, 0.1) is 0 Å². The van der Waals surface area contributed by atoms with E-state index in [4.69, 9.17) is 24.5 Å². The molecule has 96 valence electrons. The van der Waals surface area contributed by atoms with Crippen LogP contribution in [0.1, 0.15) is 0 Å². The van der Waals surface area contributed by atoms with Crippen molar-refractivity contribution < 1.29 is 24.5 Å². The molecule has 0 heterocycles. The molecule has 1 aromatic carbocycles. The number of ether oxygens (including phenoxy) is 2. The molecule has 0 saturated heterocycles. The molecule has 0 amide bonds. The predicted molar refractivity (Wildman–Crippen MR) is 74.2 cm³/mol. The molecule has 7 heteroatoms. The molecular weight excluding hydrogens is 331 g/mol. The molecule has 0 aliphatic carbocycles. The second kappa shape index (κ2) is 12.0. The van der Waals surface area contributed by atoms with Gasteiger partial charge in [-0.15, -0.1) is 0 Å². The van der Waals surface area contributed by atoms with Gasteiger partial charge in [-0.05, 0) is 34.1 Å². The van der Waals surface area contributed by atoms with E-state index in [1.54, 1.807) is 13.2 Å². The molecule has 0 saturated carbocycles. The normalized spacial score (nSPS) is 8.11. The monoisotopic (exact) mass is 344 g/mol. The van der Waals surface area contributed by atoms with Gasteiger partial charge >= 0.3 is 57.5 Å². The number of hydrogen-bond donors (Lipinski definition) is 2. The van der Waals surface area contributed by atoms with E-state index in [-0.39, 0.29) is 51.4 Å². The van der Waals surface area contributed by atoms with Gasteiger partial charge in [-0.25, -0.2) is 4.79 Å². The van der Waals surface area contributed by atoms with Crippen LogP contribution in [0.15, 0.2) is 35.3 Å². The Hall–Kier alpha value is -0.0536. The molecule has 0 atom stereocenters. The third kappa shape index (κ3) is 9.92. The van der Waals surface area contributed by atoms with Gasteiger partial charge in [0.1, 0.15) is 18.1 Å². The maximum absolute atomic E-state index is 8.56. The van der Waals surface area contributed by atoms with Crippen LogP contribution in [-0.2, 0) is 0 Å². The Kier molecular flexibility index (Phi) is 13.5. The summed E-state index contributed by atoms with van der Waals surface area (Å²) in [4.78, 5) is 8.56.